The number of fused-ring (bicyclic) bond motifs is 1. The van der Waals surface area contributed by atoms with Crippen molar-refractivity contribution in [3.8, 4) is 0 Å². The Hall–Kier alpha value is -1.77. The number of ether oxygens (including phenoxy) is 1. The molecule has 2 rings (SSSR count). The van der Waals surface area contributed by atoms with Crippen LogP contribution in [0.1, 0.15) is 49.4 Å². The second-order valence-corrected chi connectivity index (χ2v) is 5.71. The van der Waals surface area contributed by atoms with Gasteiger partial charge in [-0.1, -0.05) is 26.8 Å². The van der Waals surface area contributed by atoms with E-state index in [1.165, 1.54) is 5.56 Å². The van der Waals surface area contributed by atoms with E-state index in [0.29, 0.717) is 17.9 Å². The van der Waals surface area contributed by atoms with Crippen LogP contribution in [-0.4, -0.2) is 12.6 Å². The van der Waals surface area contributed by atoms with Crippen LogP contribution in [0.4, 0.5) is 0 Å². The maximum Gasteiger partial charge on any atom is 0.342 e. The Morgan fingerprint density at radius 3 is 2.58 bits per heavy atom. The first-order chi connectivity index (χ1) is 8.84. The molecule has 0 radical (unpaired) electrons. The Kier molecular flexibility index (Phi) is 3.40. The number of benzene rings is 1. The summed E-state index contributed by atoms with van der Waals surface area (Å²) in [6.07, 6.45) is 0. The SMILES string of the molecule is CCOC(=O)c1c(C)oc2cc(C(C)(C)C)ccc12. The summed E-state index contributed by atoms with van der Waals surface area (Å²) < 4.78 is 10.8. The van der Waals surface area contributed by atoms with Crippen LogP contribution in [0, 0.1) is 6.92 Å². The van der Waals surface area contributed by atoms with E-state index in [-0.39, 0.29) is 11.4 Å². The zero-order valence-electron chi connectivity index (χ0n) is 12.2. The van der Waals surface area contributed by atoms with Crippen molar-refractivity contribution < 1.29 is 13.9 Å². The van der Waals surface area contributed by atoms with Gasteiger partial charge < -0.3 is 9.15 Å². The summed E-state index contributed by atoms with van der Waals surface area (Å²) in [6, 6.07) is 5.99. The van der Waals surface area contributed by atoms with Gasteiger partial charge in [0, 0.05) is 5.39 Å². The monoisotopic (exact) mass is 260 g/mol. The van der Waals surface area contributed by atoms with Gasteiger partial charge in [0.25, 0.3) is 0 Å². The highest BCUT2D eigenvalue weighted by atomic mass is 16.5. The van der Waals surface area contributed by atoms with Crippen molar-refractivity contribution in [2.45, 2.75) is 40.0 Å². The Morgan fingerprint density at radius 1 is 1.32 bits per heavy atom. The normalized spacial score (nSPS) is 11.8. The number of furan rings is 1. The number of esters is 1. The number of rotatable bonds is 2. The van der Waals surface area contributed by atoms with E-state index in [1.807, 2.05) is 18.2 Å². The molecule has 0 N–H and O–H groups in total. The van der Waals surface area contributed by atoms with E-state index in [2.05, 4.69) is 20.8 Å². The Balaban J connectivity index is 2.57. The molecule has 102 valence electrons. The summed E-state index contributed by atoms with van der Waals surface area (Å²) in [4.78, 5) is 11.9. The minimum atomic E-state index is -0.317. The fourth-order valence-corrected chi connectivity index (χ4v) is 2.14. The van der Waals surface area contributed by atoms with Crippen LogP contribution in [0.2, 0.25) is 0 Å². The molecule has 0 amide bonds. The molecule has 1 heterocycles. The largest absolute Gasteiger partial charge is 0.462 e. The molecule has 0 aliphatic heterocycles. The zero-order chi connectivity index (χ0) is 14.2. The Morgan fingerprint density at radius 2 is 2.00 bits per heavy atom. The molecule has 3 heteroatoms. The first kappa shape index (κ1) is 13.7. The van der Waals surface area contributed by atoms with Crippen LogP contribution < -0.4 is 0 Å². The van der Waals surface area contributed by atoms with Crippen LogP contribution in [0.15, 0.2) is 22.6 Å². The topological polar surface area (TPSA) is 39.4 Å². The summed E-state index contributed by atoms with van der Waals surface area (Å²) in [7, 11) is 0. The van der Waals surface area contributed by atoms with Gasteiger partial charge >= 0.3 is 5.97 Å². The first-order valence-electron chi connectivity index (χ1n) is 6.55. The second-order valence-electron chi connectivity index (χ2n) is 5.71. The number of carbonyl (C=O) groups excluding carboxylic acids is 1. The minimum absolute atomic E-state index is 0.0545. The molecule has 0 spiro atoms. The van der Waals surface area contributed by atoms with Crippen molar-refractivity contribution in [2.24, 2.45) is 0 Å². The first-order valence-corrected chi connectivity index (χ1v) is 6.55. The van der Waals surface area contributed by atoms with Gasteiger partial charge in [0.2, 0.25) is 0 Å². The Labute approximate surface area is 113 Å². The average Bonchev–Trinajstić information content (AvgIpc) is 2.62. The third-order valence-electron chi connectivity index (χ3n) is 3.21. The molecule has 3 nitrogen and oxygen atoms in total. The maximum atomic E-state index is 11.9. The summed E-state index contributed by atoms with van der Waals surface area (Å²) in [5.74, 6) is 0.293. The standard InChI is InChI=1S/C16H20O3/c1-6-18-15(17)14-10(2)19-13-9-11(16(3,4)5)7-8-12(13)14/h7-9H,6H2,1-5H3. The van der Waals surface area contributed by atoms with Crippen molar-refractivity contribution in [1.29, 1.82) is 0 Å². The molecule has 19 heavy (non-hydrogen) atoms. The van der Waals surface area contributed by atoms with E-state index in [9.17, 15) is 4.79 Å². The molecule has 0 aliphatic rings. The number of carbonyl (C=O) groups is 1. The van der Waals surface area contributed by atoms with Crippen LogP contribution in [0.5, 0.6) is 0 Å². The highest BCUT2D eigenvalue weighted by Crippen LogP contribution is 2.31. The van der Waals surface area contributed by atoms with Crippen molar-refractivity contribution in [3.05, 3.63) is 35.1 Å². The number of hydrogen-bond donors (Lipinski definition) is 0. The highest BCUT2D eigenvalue weighted by molar-refractivity contribution is 6.04. The summed E-state index contributed by atoms with van der Waals surface area (Å²) in [6.45, 7) is 10.4. The lowest BCUT2D eigenvalue weighted by atomic mass is 9.86. The van der Waals surface area contributed by atoms with Gasteiger partial charge in [0.15, 0.2) is 0 Å². The average molecular weight is 260 g/mol. The smallest absolute Gasteiger partial charge is 0.342 e. The predicted octanol–water partition coefficient (Wildman–Crippen LogP) is 4.22. The second kappa shape index (κ2) is 4.72. The molecule has 1 aromatic carbocycles. The molecule has 0 aliphatic carbocycles. The summed E-state index contributed by atoms with van der Waals surface area (Å²) in [5.41, 5.74) is 2.52. The molecule has 2 aromatic rings. The summed E-state index contributed by atoms with van der Waals surface area (Å²) >= 11 is 0. The minimum Gasteiger partial charge on any atom is -0.462 e. The van der Waals surface area contributed by atoms with Crippen molar-refractivity contribution in [3.63, 3.8) is 0 Å². The fourth-order valence-electron chi connectivity index (χ4n) is 2.14. The number of aryl methyl sites for hydroxylation is 1. The van der Waals surface area contributed by atoms with Gasteiger partial charge in [-0.3, -0.25) is 0 Å². The van der Waals surface area contributed by atoms with Crippen LogP contribution in [0.25, 0.3) is 11.0 Å². The molecule has 0 atom stereocenters. The maximum absolute atomic E-state index is 11.9. The zero-order valence-corrected chi connectivity index (χ0v) is 12.2. The van der Waals surface area contributed by atoms with Crippen molar-refractivity contribution >= 4 is 16.9 Å². The third kappa shape index (κ3) is 2.50. The number of hydrogen-bond acceptors (Lipinski definition) is 3. The van der Waals surface area contributed by atoms with Gasteiger partial charge in [0.05, 0.1) is 6.61 Å². The molecule has 0 bridgehead atoms. The molecular weight excluding hydrogens is 240 g/mol. The highest BCUT2D eigenvalue weighted by Gasteiger charge is 2.21. The lowest BCUT2D eigenvalue weighted by molar-refractivity contribution is 0.0526. The lowest BCUT2D eigenvalue weighted by Gasteiger charge is -2.18. The molecular formula is C16H20O3. The quantitative estimate of drug-likeness (QED) is 0.759. The molecule has 0 saturated heterocycles. The van der Waals surface area contributed by atoms with Crippen molar-refractivity contribution in [2.75, 3.05) is 6.61 Å². The van der Waals surface area contributed by atoms with Crippen LogP contribution >= 0.6 is 0 Å². The van der Waals surface area contributed by atoms with Gasteiger partial charge in [-0.2, -0.15) is 0 Å². The van der Waals surface area contributed by atoms with Gasteiger partial charge in [-0.05, 0) is 37.0 Å². The lowest BCUT2D eigenvalue weighted by Crippen LogP contribution is -2.10. The van der Waals surface area contributed by atoms with Crippen LogP contribution in [0.3, 0.4) is 0 Å². The van der Waals surface area contributed by atoms with Crippen molar-refractivity contribution in [1.82, 2.24) is 0 Å². The molecule has 0 unspecified atom stereocenters. The fraction of sp³-hybridized carbons (Fsp3) is 0.438. The summed E-state index contributed by atoms with van der Waals surface area (Å²) in [5, 5.41) is 0.823. The predicted molar refractivity (Wildman–Crippen MR) is 75.6 cm³/mol. The van der Waals surface area contributed by atoms with Gasteiger partial charge in [0.1, 0.15) is 16.9 Å². The van der Waals surface area contributed by atoms with Crippen LogP contribution in [-0.2, 0) is 10.2 Å². The van der Waals surface area contributed by atoms with E-state index in [4.69, 9.17) is 9.15 Å². The van der Waals surface area contributed by atoms with E-state index in [1.54, 1.807) is 13.8 Å². The Bertz CT molecular complexity index is 615. The molecule has 1 aromatic heterocycles. The van der Waals surface area contributed by atoms with Gasteiger partial charge in [-0.25, -0.2) is 4.79 Å². The van der Waals surface area contributed by atoms with Gasteiger partial charge in [-0.15, -0.1) is 0 Å². The molecule has 0 fully saturated rings. The van der Waals surface area contributed by atoms with E-state index < -0.39 is 0 Å². The van der Waals surface area contributed by atoms with E-state index in [0.717, 1.165) is 11.0 Å². The third-order valence-corrected chi connectivity index (χ3v) is 3.21. The molecule has 0 saturated carbocycles. The van der Waals surface area contributed by atoms with E-state index >= 15 is 0 Å².